The fraction of sp³-hybridized carbons (Fsp3) is 0.444. The van der Waals surface area contributed by atoms with Gasteiger partial charge >= 0.3 is 0 Å². The second-order valence-electron chi connectivity index (χ2n) is 6.19. The van der Waals surface area contributed by atoms with Gasteiger partial charge in [0.15, 0.2) is 5.06 Å². The number of rotatable bonds is 6. The Morgan fingerprint density at radius 3 is 3.00 bits per heavy atom. The van der Waals surface area contributed by atoms with Gasteiger partial charge in [-0.05, 0) is 31.0 Å². The number of ether oxygens (including phenoxy) is 2. The van der Waals surface area contributed by atoms with Crippen LogP contribution >= 0.6 is 11.3 Å². The number of aliphatic hydroxyl groups excluding tert-OH is 1. The summed E-state index contributed by atoms with van der Waals surface area (Å²) in [5.41, 5.74) is 3.61. The van der Waals surface area contributed by atoms with Gasteiger partial charge in [0.05, 0.1) is 31.1 Å². The van der Waals surface area contributed by atoms with Gasteiger partial charge in [-0.25, -0.2) is 4.98 Å². The van der Waals surface area contributed by atoms with E-state index in [2.05, 4.69) is 10.3 Å². The molecule has 0 spiro atoms. The second kappa shape index (κ2) is 7.41. The number of nitrogens with zero attached hydrogens (tertiary/aromatic N) is 1. The Hall–Kier alpha value is -2.12. The van der Waals surface area contributed by atoms with Crippen LogP contribution in [0.25, 0.3) is 10.6 Å². The molecule has 0 saturated carbocycles. The van der Waals surface area contributed by atoms with Crippen LogP contribution in [0.3, 0.4) is 0 Å². The van der Waals surface area contributed by atoms with Crippen LogP contribution in [0.2, 0.25) is 0 Å². The molecular weight excluding hydrogens is 340 g/mol. The summed E-state index contributed by atoms with van der Waals surface area (Å²) < 4.78 is 11.5. The number of carbonyl (C=O) groups is 1. The highest BCUT2D eigenvalue weighted by molar-refractivity contribution is 7.16. The maximum absolute atomic E-state index is 11.3. The fourth-order valence-corrected chi connectivity index (χ4v) is 3.81. The van der Waals surface area contributed by atoms with Crippen molar-refractivity contribution in [1.82, 2.24) is 10.3 Å². The lowest BCUT2D eigenvalue weighted by Crippen LogP contribution is -2.20. The van der Waals surface area contributed by atoms with E-state index >= 15 is 0 Å². The lowest BCUT2D eigenvalue weighted by atomic mass is 9.96. The molecule has 7 heteroatoms. The van der Waals surface area contributed by atoms with E-state index < -0.39 is 0 Å². The van der Waals surface area contributed by atoms with Crippen molar-refractivity contribution in [2.75, 3.05) is 6.61 Å². The summed E-state index contributed by atoms with van der Waals surface area (Å²) in [6, 6.07) is 1.95. The molecule has 2 heterocycles. The molecule has 1 aromatic carbocycles. The average molecular weight is 362 g/mol. The van der Waals surface area contributed by atoms with Crippen molar-refractivity contribution in [1.29, 1.82) is 0 Å². The SMILES string of the molecule is CC(=O)NCc1cc(-c2ncc(OC(C)C)s2)c2c(c1CO)CCO2. The minimum atomic E-state index is -0.107. The number of benzene rings is 1. The Morgan fingerprint density at radius 2 is 2.32 bits per heavy atom. The molecule has 0 radical (unpaired) electrons. The van der Waals surface area contributed by atoms with Gasteiger partial charge in [-0.1, -0.05) is 11.3 Å². The van der Waals surface area contributed by atoms with Crippen molar-refractivity contribution in [2.45, 2.75) is 46.4 Å². The smallest absolute Gasteiger partial charge is 0.217 e. The Morgan fingerprint density at radius 1 is 1.52 bits per heavy atom. The van der Waals surface area contributed by atoms with Gasteiger partial charge in [-0.15, -0.1) is 0 Å². The van der Waals surface area contributed by atoms with E-state index in [1.54, 1.807) is 6.20 Å². The first-order valence-electron chi connectivity index (χ1n) is 8.28. The van der Waals surface area contributed by atoms with Crippen LogP contribution in [0.1, 0.15) is 37.5 Å². The van der Waals surface area contributed by atoms with E-state index in [1.807, 2.05) is 19.9 Å². The van der Waals surface area contributed by atoms with E-state index in [-0.39, 0.29) is 18.6 Å². The number of carbonyl (C=O) groups excluding carboxylic acids is 1. The van der Waals surface area contributed by atoms with Crippen molar-refractivity contribution < 1.29 is 19.4 Å². The molecule has 1 aromatic heterocycles. The standard InChI is InChI=1S/C18H22N2O4S/c1-10(2)24-16-8-20-18(25-16)14-6-12(7-19-11(3)22)15(9-21)13-4-5-23-17(13)14/h6,8,10,21H,4-5,7,9H2,1-3H3,(H,19,22). The Balaban J connectivity index is 2.03. The zero-order valence-corrected chi connectivity index (χ0v) is 15.4. The molecule has 0 bridgehead atoms. The minimum Gasteiger partial charge on any atom is -0.492 e. The quantitative estimate of drug-likeness (QED) is 0.826. The number of nitrogens with one attached hydrogen (secondary N) is 1. The van der Waals surface area contributed by atoms with Gasteiger partial charge in [0, 0.05) is 25.5 Å². The summed E-state index contributed by atoms with van der Waals surface area (Å²) in [4.78, 5) is 15.8. The molecule has 3 rings (SSSR count). The zero-order valence-electron chi connectivity index (χ0n) is 14.6. The van der Waals surface area contributed by atoms with Crippen LogP contribution in [0, 0.1) is 0 Å². The summed E-state index contributed by atoms with van der Waals surface area (Å²) in [6.45, 7) is 6.29. The summed E-state index contributed by atoms with van der Waals surface area (Å²) in [5.74, 6) is 0.671. The number of fused-ring (bicyclic) bond motifs is 1. The summed E-state index contributed by atoms with van der Waals surface area (Å²) >= 11 is 1.46. The maximum atomic E-state index is 11.3. The lowest BCUT2D eigenvalue weighted by Gasteiger charge is -2.15. The van der Waals surface area contributed by atoms with E-state index in [0.29, 0.717) is 13.2 Å². The predicted octanol–water partition coefficient (Wildman–Crippen LogP) is 2.66. The van der Waals surface area contributed by atoms with Gasteiger partial charge in [-0.3, -0.25) is 4.79 Å². The van der Waals surface area contributed by atoms with Crippen LogP contribution in [0.4, 0.5) is 0 Å². The number of hydrogen-bond acceptors (Lipinski definition) is 6. The summed E-state index contributed by atoms with van der Waals surface area (Å²) in [7, 11) is 0. The van der Waals surface area contributed by atoms with Gasteiger partial charge in [0.25, 0.3) is 0 Å². The zero-order chi connectivity index (χ0) is 18.0. The first-order chi connectivity index (χ1) is 12.0. The number of hydrogen-bond donors (Lipinski definition) is 2. The molecule has 25 heavy (non-hydrogen) atoms. The fourth-order valence-electron chi connectivity index (χ4n) is 2.91. The van der Waals surface area contributed by atoms with Crippen molar-refractivity contribution >= 4 is 17.2 Å². The van der Waals surface area contributed by atoms with Crippen molar-refractivity contribution in [3.63, 3.8) is 0 Å². The maximum Gasteiger partial charge on any atom is 0.217 e. The topological polar surface area (TPSA) is 80.7 Å². The van der Waals surface area contributed by atoms with Crippen LogP contribution in [0.5, 0.6) is 10.8 Å². The van der Waals surface area contributed by atoms with E-state index in [9.17, 15) is 9.90 Å². The molecule has 1 aliphatic rings. The molecule has 134 valence electrons. The normalized spacial score (nSPS) is 12.8. The highest BCUT2D eigenvalue weighted by Crippen LogP contribution is 2.43. The van der Waals surface area contributed by atoms with E-state index in [0.717, 1.165) is 44.5 Å². The van der Waals surface area contributed by atoms with E-state index in [4.69, 9.17) is 9.47 Å². The first-order valence-corrected chi connectivity index (χ1v) is 9.09. The second-order valence-corrected chi connectivity index (χ2v) is 7.18. The molecular formula is C18H22N2O4S. The molecule has 0 fully saturated rings. The summed E-state index contributed by atoms with van der Waals surface area (Å²) in [5, 5.41) is 14.2. The number of amides is 1. The molecule has 6 nitrogen and oxygen atoms in total. The monoisotopic (exact) mass is 362 g/mol. The highest BCUT2D eigenvalue weighted by atomic mass is 32.1. The number of aliphatic hydroxyl groups is 1. The van der Waals surface area contributed by atoms with Crippen LogP contribution < -0.4 is 14.8 Å². The molecule has 2 N–H and O–H groups in total. The molecule has 1 aliphatic heterocycles. The molecule has 0 saturated heterocycles. The van der Waals surface area contributed by atoms with Gasteiger partial charge < -0.3 is 19.9 Å². The Labute approximate surface area is 150 Å². The molecule has 2 aromatic rings. The first kappa shape index (κ1) is 17.7. The van der Waals surface area contributed by atoms with Gasteiger partial charge in [0.2, 0.25) is 5.91 Å². The average Bonchev–Trinajstić information content (AvgIpc) is 3.20. The largest absolute Gasteiger partial charge is 0.492 e. The Bertz CT molecular complexity index is 786. The third-order valence-electron chi connectivity index (χ3n) is 3.94. The third-order valence-corrected chi connectivity index (χ3v) is 4.86. The molecule has 0 aliphatic carbocycles. The van der Waals surface area contributed by atoms with Crippen LogP contribution in [-0.2, 0) is 24.4 Å². The molecule has 0 unspecified atom stereocenters. The highest BCUT2D eigenvalue weighted by Gasteiger charge is 2.25. The van der Waals surface area contributed by atoms with Crippen LogP contribution in [0.15, 0.2) is 12.3 Å². The Kier molecular flexibility index (Phi) is 5.24. The molecule has 1 amide bonds. The van der Waals surface area contributed by atoms with Crippen LogP contribution in [-0.4, -0.2) is 28.7 Å². The van der Waals surface area contributed by atoms with Crippen molar-refractivity contribution in [3.8, 4) is 21.4 Å². The van der Waals surface area contributed by atoms with Gasteiger partial charge in [-0.2, -0.15) is 0 Å². The number of aromatic nitrogens is 1. The summed E-state index contributed by atoms with van der Waals surface area (Å²) in [6.07, 6.45) is 2.55. The van der Waals surface area contributed by atoms with E-state index in [1.165, 1.54) is 18.3 Å². The lowest BCUT2D eigenvalue weighted by molar-refractivity contribution is -0.119. The number of thiazole rings is 1. The molecule has 0 atom stereocenters. The van der Waals surface area contributed by atoms with Crippen molar-refractivity contribution in [2.24, 2.45) is 0 Å². The van der Waals surface area contributed by atoms with Gasteiger partial charge in [0.1, 0.15) is 10.8 Å². The third kappa shape index (κ3) is 3.77. The van der Waals surface area contributed by atoms with Crippen molar-refractivity contribution in [3.05, 3.63) is 29.0 Å². The minimum absolute atomic E-state index is 0.0829. The predicted molar refractivity (Wildman–Crippen MR) is 96.0 cm³/mol.